The smallest absolute Gasteiger partial charge is 0.166 e. The van der Waals surface area contributed by atoms with E-state index in [1.165, 1.54) is 6.42 Å². The molecule has 1 aromatic rings. The molecule has 0 spiro atoms. The van der Waals surface area contributed by atoms with Crippen LogP contribution in [0.3, 0.4) is 0 Å². The van der Waals surface area contributed by atoms with Gasteiger partial charge in [-0.25, -0.2) is 0 Å². The van der Waals surface area contributed by atoms with Crippen LogP contribution < -0.4 is 9.47 Å². The van der Waals surface area contributed by atoms with Crippen LogP contribution in [0.5, 0.6) is 11.5 Å². The van der Waals surface area contributed by atoms with E-state index < -0.39 is 0 Å². The van der Waals surface area contributed by atoms with Gasteiger partial charge in [-0.15, -0.1) is 0 Å². The Bertz CT molecular complexity index is 399. The van der Waals surface area contributed by atoms with E-state index in [1.54, 1.807) is 0 Å². The quantitative estimate of drug-likeness (QED) is 0.744. The van der Waals surface area contributed by atoms with E-state index in [9.17, 15) is 5.11 Å². The van der Waals surface area contributed by atoms with Gasteiger partial charge in [-0.05, 0) is 38.7 Å². The van der Waals surface area contributed by atoms with Gasteiger partial charge < -0.3 is 19.3 Å². The standard InChI is InChI=1S/C16H24O4/c1-2-18-15-9-3-6-13(12-17)16(15)20-11-5-8-14-7-4-10-19-14/h3,6,9,14,17H,2,4-5,7-8,10-12H2,1H3. The third kappa shape index (κ3) is 4.12. The Morgan fingerprint density at radius 1 is 1.35 bits per heavy atom. The van der Waals surface area contributed by atoms with E-state index in [2.05, 4.69) is 0 Å². The van der Waals surface area contributed by atoms with Gasteiger partial charge in [0.05, 0.1) is 25.9 Å². The molecule has 1 aromatic carbocycles. The fourth-order valence-corrected chi connectivity index (χ4v) is 2.48. The van der Waals surface area contributed by atoms with E-state index in [0.717, 1.165) is 31.4 Å². The van der Waals surface area contributed by atoms with E-state index in [-0.39, 0.29) is 6.61 Å². The normalized spacial score (nSPS) is 18.2. The minimum atomic E-state index is -0.0397. The highest BCUT2D eigenvalue weighted by Crippen LogP contribution is 2.31. The average molecular weight is 280 g/mol. The molecule has 1 unspecified atom stereocenters. The average Bonchev–Trinajstić information content (AvgIpc) is 2.98. The third-order valence-corrected chi connectivity index (χ3v) is 3.47. The van der Waals surface area contributed by atoms with Gasteiger partial charge in [0.15, 0.2) is 11.5 Å². The predicted octanol–water partition coefficient (Wildman–Crippen LogP) is 2.92. The Labute approximate surface area is 120 Å². The fourth-order valence-electron chi connectivity index (χ4n) is 2.48. The molecule has 1 atom stereocenters. The topological polar surface area (TPSA) is 47.9 Å². The molecular formula is C16H24O4. The molecule has 1 aliphatic rings. The summed E-state index contributed by atoms with van der Waals surface area (Å²) in [5, 5.41) is 9.38. The molecule has 1 heterocycles. The van der Waals surface area contributed by atoms with E-state index in [4.69, 9.17) is 14.2 Å². The highest BCUT2D eigenvalue weighted by molar-refractivity contribution is 5.46. The number of aliphatic hydroxyl groups excluding tert-OH is 1. The van der Waals surface area contributed by atoms with E-state index in [1.807, 2.05) is 25.1 Å². The second-order valence-corrected chi connectivity index (χ2v) is 4.96. The Kier molecular flexibility index (Phi) is 6.15. The predicted molar refractivity (Wildman–Crippen MR) is 77.2 cm³/mol. The first-order chi connectivity index (χ1) is 9.85. The summed E-state index contributed by atoms with van der Waals surface area (Å²) in [6, 6.07) is 5.60. The second-order valence-electron chi connectivity index (χ2n) is 4.96. The SMILES string of the molecule is CCOc1cccc(CO)c1OCCCC1CCCO1. The number of hydrogen-bond acceptors (Lipinski definition) is 4. The van der Waals surface area contributed by atoms with Crippen molar-refractivity contribution in [3.63, 3.8) is 0 Å². The van der Waals surface area contributed by atoms with Crippen molar-refractivity contribution in [1.82, 2.24) is 0 Å². The maximum Gasteiger partial charge on any atom is 0.166 e. The fraction of sp³-hybridized carbons (Fsp3) is 0.625. The van der Waals surface area contributed by atoms with Crippen LogP contribution in [0.25, 0.3) is 0 Å². The van der Waals surface area contributed by atoms with Gasteiger partial charge in [0, 0.05) is 12.2 Å². The van der Waals surface area contributed by atoms with Crippen LogP contribution in [0.1, 0.15) is 38.2 Å². The van der Waals surface area contributed by atoms with Crippen molar-refractivity contribution in [2.24, 2.45) is 0 Å². The summed E-state index contributed by atoms with van der Waals surface area (Å²) in [7, 11) is 0. The lowest BCUT2D eigenvalue weighted by molar-refractivity contribution is 0.0977. The summed E-state index contributed by atoms with van der Waals surface area (Å²) in [6.07, 6.45) is 4.73. The number of para-hydroxylation sites is 1. The molecule has 1 aliphatic heterocycles. The van der Waals surface area contributed by atoms with Crippen molar-refractivity contribution in [3.05, 3.63) is 23.8 Å². The number of hydrogen-bond donors (Lipinski definition) is 1. The summed E-state index contributed by atoms with van der Waals surface area (Å²) in [5.41, 5.74) is 0.771. The summed E-state index contributed by atoms with van der Waals surface area (Å²) >= 11 is 0. The molecule has 2 rings (SSSR count). The summed E-state index contributed by atoms with van der Waals surface area (Å²) in [5.74, 6) is 1.38. The Hall–Kier alpha value is -1.26. The van der Waals surface area contributed by atoms with Gasteiger partial charge in [0.25, 0.3) is 0 Å². The van der Waals surface area contributed by atoms with Gasteiger partial charge in [-0.1, -0.05) is 12.1 Å². The van der Waals surface area contributed by atoms with Gasteiger partial charge in [0.1, 0.15) is 0 Å². The zero-order valence-electron chi connectivity index (χ0n) is 12.1. The van der Waals surface area contributed by atoms with Crippen LogP contribution in [-0.2, 0) is 11.3 Å². The lowest BCUT2D eigenvalue weighted by atomic mass is 10.1. The van der Waals surface area contributed by atoms with Crippen molar-refractivity contribution in [1.29, 1.82) is 0 Å². The van der Waals surface area contributed by atoms with Crippen molar-refractivity contribution < 1.29 is 19.3 Å². The van der Waals surface area contributed by atoms with E-state index in [0.29, 0.717) is 30.8 Å². The zero-order chi connectivity index (χ0) is 14.2. The van der Waals surface area contributed by atoms with Crippen LogP contribution in [-0.4, -0.2) is 31.0 Å². The largest absolute Gasteiger partial charge is 0.490 e. The molecule has 0 saturated carbocycles. The molecular weight excluding hydrogens is 256 g/mol. The number of rotatable bonds is 8. The second kappa shape index (κ2) is 8.12. The summed E-state index contributed by atoms with van der Waals surface area (Å²) in [6.45, 7) is 4.00. The van der Waals surface area contributed by atoms with Gasteiger partial charge >= 0.3 is 0 Å². The van der Waals surface area contributed by atoms with E-state index >= 15 is 0 Å². The van der Waals surface area contributed by atoms with Crippen LogP contribution in [0.2, 0.25) is 0 Å². The highest BCUT2D eigenvalue weighted by atomic mass is 16.5. The molecule has 4 heteroatoms. The summed E-state index contributed by atoms with van der Waals surface area (Å²) < 4.78 is 17.0. The molecule has 0 aromatic heterocycles. The van der Waals surface area contributed by atoms with Crippen LogP contribution in [0.15, 0.2) is 18.2 Å². The first kappa shape index (κ1) is 15.1. The van der Waals surface area contributed by atoms with Gasteiger partial charge in [-0.3, -0.25) is 0 Å². The maximum atomic E-state index is 9.38. The molecule has 112 valence electrons. The number of ether oxygens (including phenoxy) is 3. The Morgan fingerprint density at radius 3 is 2.95 bits per heavy atom. The van der Waals surface area contributed by atoms with Crippen LogP contribution in [0.4, 0.5) is 0 Å². The summed E-state index contributed by atoms with van der Waals surface area (Å²) in [4.78, 5) is 0. The molecule has 0 amide bonds. The molecule has 1 N–H and O–H groups in total. The molecule has 0 bridgehead atoms. The molecule has 0 aliphatic carbocycles. The molecule has 4 nitrogen and oxygen atoms in total. The minimum Gasteiger partial charge on any atom is -0.490 e. The van der Waals surface area contributed by atoms with Gasteiger partial charge in [0.2, 0.25) is 0 Å². The highest BCUT2D eigenvalue weighted by Gasteiger charge is 2.15. The molecule has 0 radical (unpaired) electrons. The van der Waals surface area contributed by atoms with Crippen LogP contribution >= 0.6 is 0 Å². The first-order valence-corrected chi connectivity index (χ1v) is 7.45. The van der Waals surface area contributed by atoms with Crippen molar-refractivity contribution in [2.75, 3.05) is 19.8 Å². The van der Waals surface area contributed by atoms with Crippen molar-refractivity contribution >= 4 is 0 Å². The first-order valence-electron chi connectivity index (χ1n) is 7.45. The van der Waals surface area contributed by atoms with Gasteiger partial charge in [-0.2, -0.15) is 0 Å². The van der Waals surface area contributed by atoms with Crippen molar-refractivity contribution in [2.45, 2.75) is 45.3 Å². The molecule has 1 saturated heterocycles. The Balaban J connectivity index is 1.86. The lowest BCUT2D eigenvalue weighted by Gasteiger charge is -2.15. The minimum absolute atomic E-state index is 0.0397. The lowest BCUT2D eigenvalue weighted by Crippen LogP contribution is -2.09. The number of benzene rings is 1. The zero-order valence-corrected chi connectivity index (χ0v) is 12.1. The molecule has 1 fully saturated rings. The Morgan fingerprint density at radius 2 is 2.25 bits per heavy atom. The molecule has 20 heavy (non-hydrogen) atoms. The van der Waals surface area contributed by atoms with Crippen LogP contribution in [0, 0.1) is 0 Å². The third-order valence-electron chi connectivity index (χ3n) is 3.47. The number of aliphatic hydroxyl groups is 1. The maximum absolute atomic E-state index is 9.38. The van der Waals surface area contributed by atoms with Crippen molar-refractivity contribution in [3.8, 4) is 11.5 Å². The monoisotopic (exact) mass is 280 g/mol.